The largest absolute Gasteiger partial charge is 0.382 e. The van der Waals surface area contributed by atoms with Crippen molar-refractivity contribution in [2.24, 2.45) is 0 Å². The Morgan fingerprint density at radius 3 is 2.94 bits per heavy atom. The Hall–Kier alpha value is -1.32. The van der Waals surface area contributed by atoms with Crippen molar-refractivity contribution in [1.29, 1.82) is 0 Å². The molecule has 1 aromatic carbocycles. The van der Waals surface area contributed by atoms with Crippen LogP contribution in [0.25, 0.3) is 0 Å². The topological polar surface area (TPSA) is 48.9 Å². The van der Waals surface area contributed by atoms with Gasteiger partial charge in [-0.1, -0.05) is 30.7 Å². The first-order chi connectivity index (χ1) is 7.74. The van der Waals surface area contributed by atoms with E-state index in [1.165, 1.54) is 0 Å². The fourth-order valence-electron chi connectivity index (χ4n) is 1.77. The van der Waals surface area contributed by atoms with Gasteiger partial charge in [0.1, 0.15) is 6.10 Å². The lowest BCUT2D eigenvalue weighted by Gasteiger charge is -2.15. The van der Waals surface area contributed by atoms with Crippen LogP contribution in [0.4, 0.5) is 0 Å². The molecule has 16 heavy (non-hydrogen) atoms. The second-order valence-electron chi connectivity index (χ2n) is 3.58. The van der Waals surface area contributed by atoms with E-state index in [0.29, 0.717) is 10.7 Å². The molecule has 0 saturated heterocycles. The maximum atomic E-state index is 10.2. The number of nitrogens with zero attached hydrogens (tertiary/aromatic N) is 1. The SMILES string of the molecule is CCc1cccc(Cl)c1C(O)c1cnc[nH]1. The molecule has 1 atom stereocenters. The molecule has 0 aliphatic heterocycles. The Morgan fingerprint density at radius 1 is 1.50 bits per heavy atom. The molecule has 2 aromatic rings. The second-order valence-corrected chi connectivity index (χ2v) is 3.98. The van der Waals surface area contributed by atoms with Gasteiger partial charge in [0.25, 0.3) is 0 Å². The molecule has 0 saturated carbocycles. The minimum atomic E-state index is -0.744. The van der Waals surface area contributed by atoms with Crippen molar-refractivity contribution < 1.29 is 5.11 Å². The highest BCUT2D eigenvalue weighted by atomic mass is 35.5. The van der Waals surface area contributed by atoms with Crippen molar-refractivity contribution in [1.82, 2.24) is 9.97 Å². The maximum absolute atomic E-state index is 10.2. The molecule has 0 aliphatic rings. The molecule has 4 heteroatoms. The van der Waals surface area contributed by atoms with Crippen LogP contribution in [-0.2, 0) is 6.42 Å². The van der Waals surface area contributed by atoms with Crippen LogP contribution in [-0.4, -0.2) is 15.1 Å². The van der Waals surface area contributed by atoms with E-state index in [1.54, 1.807) is 18.6 Å². The monoisotopic (exact) mass is 236 g/mol. The van der Waals surface area contributed by atoms with Crippen LogP contribution in [0.5, 0.6) is 0 Å². The number of hydrogen-bond acceptors (Lipinski definition) is 2. The fourth-order valence-corrected chi connectivity index (χ4v) is 2.07. The first kappa shape index (κ1) is 11.2. The molecule has 0 radical (unpaired) electrons. The van der Waals surface area contributed by atoms with E-state index in [-0.39, 0.29) is 0 Å². The highest BCUT2D eigenvalue weighted by Crippen LogP contribution is 2.30. The van der Waals surface area contributed by atoms with Gasteiger partial charge in [-0.25, -0.2) is 4.98 Å². The van der Waals surface area contributed by atoms with Gasteiger partial charge in [0.05, 0.1) is 18.2 Å². The number of aliphatic hydroxyl groups is 1. The van der Waals surface area contributed by atoms with Crippen molar-refractivity contribution in [2.45, 2.75) is 19.4 Å². The molecular formula is C12H13ClN2O. The Kier molecular flexibility index (Phi) is 3.27. The van der Waals surface area contributed by atoms with E-state index >= 15 is 0 Å². The van der Waals surface area contributed by atoms with Gasteiger partial charge in [-0.3, -0.25) is 0 Å². The number of aryl methyl sites for hydroxylation is 1. The predicted molar refractivity (Wildman–Crippen MR) is 63.5 cm³/mol. The number of aliphatic hydroxyl groups excluding tert-OH is 1. The number of rotatable bonds is 3. The van der Waals surface area contributed by atoms with Gasteiger partial charge < -0.3 is 10.1 Å². The van der Waals surface area contributed by atoms with Gasteiger partial charge in [-0.05, 0) is 18.1 Å². The highest BCUT2D eigenvalue weighted by Gasteiger charge is 2.17. The van der Waals surface area contributed by atoms with Crippen LogP contribution in [0.15, 0.2) is 30.7 Å². The molecule has 1 unspecified atom stereocenters. The first-order valence-corrected chi connectivity index (χ1v) is 5.55. The molecule has 2 N–H and O–H groups in total. The van der Waals surface area contributed by atoms with E-state index in [4.69, 9.17) is 11.6 Å². The minimum Gasteiger partial charge on any atom is -0.382 e. The number of hydrogen-bond donors (Lipinski definition) is 2. The van der Waals surface area contributed by atoms with Gasteiger partial charge in [-0.2, -0.15) is 0 Å². The summed E-state index contributed by atoms with van der Waals surface area (Å²) in [6, 6.07) is 5.65. The molecule has 1 aromatic heterocycles. The Labute approximate surface area is 99.1 Å². The summed E-state index contributed by atoms with van der Waals surface area (Å²) in [6.45, 7) is 2.04. The molecule has 0 amide bonds. The van der Waals surface area contributed by atoms with E-state index in [2.05, 4.69) is 9.97 Å². The van der Waals surface area contributed by atoms with E-state index in [1.807, 2.05) is 19.1 Å². The van der Waals surface area contributed by atoms with Crippen LogP contribution >= 0.6 is 11.6 Å². The molecule has 0 aliphatic carbocycles. The zero-order valence-electron chi connectivity index (χ0n) is 8.94. The summed E-state index contributed by atoms with van der Waals surface area (Å²) in [4.78, 5) is 6.79. The second kappa shape index (κ2) is 4.68. The number of benzene rings is 1. The number of H-pyrrole nitrogens is 1. The Morgan fingerprint density at radius 2 is 2.31 bits per heavy atom. The molecular weight excluding hydrogens is 224 g/mol. The third-order valence-electron chi connectivity index (χ3n) is 2.61. The number of imidazole rings is 1. The lowest BCUT2D eigenvalue weighted by Crippen LogP contribution is -2.04. The van der Waals surface area contributed by atoms with Gasteiger partial charge in [0, 0.05) is 10.6 Å². The third-order valence-corrected chi connectivity index (χ3v) is 2.94. The normalized spacial score (nSPS) is 12.7. The summed E-state index contributed by atoms with van der Waals surface area (Å²) < 4.78 is 0. The quantitative estimate of drug-likeness (QED) is 0.861. The van der Waals surface area contributed by atoms with Crippen LogP contribution in [0.2, 0.25) is 5.02 Å². The molecule has 0 spiro atoms. The molecule has 84 valence electrons. The van der Waals surface area contributed by atoms with E-state index in [0.717, 1.165) is 17.5 Å². The van der Waals surface area contributed by atoms with Crippen LogP contribution in [0.1, 0.15) is 29.8 Å². The highest BCUT2D eigenvalue weighted by molar-refractivity contribution is 6.31. The predicted octanol–water partition coefficient (Wildman–Crippen LogP) is 2.71. The van der Waals surface area contributed by atoms with Crippen LogP contribution < -0.4 is 0 Å². The number of halogens is 1. The third kappa shape index (κ3) is 1.96. The standard InChI is InChI=1S/C12H13ClN2O/c1-2-8-4-3-5-9(13)11(8)12(16)10-6-14-7-15-10/h3-7,12,16H,2H2,1H3,(H,14,15). The van der Waals surface area contributed by atoms with Gasteiger partial charge in [0.2, 0.25) is 0 Å². The van der Waals surface area contributed by atoms with Crippen molar-refractivity contribution in [3.63, 3.8) is 0 Å². The Bertz CT molecular complexity index is 468. The van der Waals surface area contributed by atoms with Crippen LogP contribution in [0, 0.1) is 0 Å². The molecule has 0 bridgehead atoms. The number of aromatic amines is 1. The van der Waals surface area contributed by atoms with E-state index < -0.39 is 6.10 Å². The van der Waals surface area contributed by atoms with Crippen molar-refractivity contribution in [2.75, 3.05) is 0 Å². The molecule has 0 fully saturated rings. The molecule has 3 nitrogen and oxygen atoms in total. The van der Waals surface area contributed by atoms with E-state index in [9.17, 15) is 5.11 Å². The van der Waals surface area contributed by atoms with Crippen LogP contribution in [0.3, 0.4) is 0 Å². The van der Waals surface area contributed by atoms with Gasteiger partial charge in [0.15, 0.2) is 0 Å². The summed E-state index contributed by atoms with van der Waals surface area (Å²) in [5.74, 6) is 0. The van der Waals surface area contributed by atoms with Crippen molar-refractivity contribution in [3.05, 3.63) is 52.6 Å². The summed E-state index contributed by atoms with van der Waals surface area (Å²) in [6.07, 6.45) is 3.24. The van der Waals surface area contributed by atoms with Crippen molar-refractivity contribution >= 4 is 11.6 Å². The summed E-state index contributed by atoms with van der Waals surface area (Å²) >= 11 is 6.13. The van der Waals surface area contributed by atoms with Crippen molar-refractivity contribution in [3.8, 4) is 0 Å². The smallest absolute Gasteiger partial charge is 0.122 e. The zero-order valence-corrected chi connectivity index (χ0v) is 9.70. The lowest BCUT2D eigenvalue weighted by atomic mass is 9.99. The molecule has 2 rings (SSSR count). The summed E-state index contributed by atoms with van der Waals surface area (Å²) in [7, 11) is 0. The van der Waals surface area contributed by atoms with Gasteiger partial charge in [-0.15, -0.1) is 0 Å². The maximum Gasteiger partial charge on any atom is 0.122 e. The first-order valence-electron chi connectivity index (χ1n) is 5.17. The summed E-state index contributed by atoms with van der Waals surface area (Å²) in [5, 5.41) is 10.8. The average Bonchev–Trinajstić information content (AvgIpc) is 2.81. The lowest BCUT2D eigenvalue weighted by molar-refractivity contribution is 0.215. The minimum absolute atomic E-state index is 0.585. The molecule has 1 heterocycles. The average molecular weight is 237 g/mol. The van der Waals surface area contributed by atoms with Gasteiger partial charge >= 0.3 is 0 Å². The Balaban J connectivity index is 2.47. The zero-order chi connectivity index (χ0) is 11.5. The number of aromatic nitrogens is 2. The fraction of sp³-hybridized carbons (Fsp3) is 0.250. The summed E-state index contributed by atoms with van der Waals surface area (Å²) in [5.41, 5.74) is 2.47. The number of nitrogens with one attached hydrogen (secondary N) is 1.